The Kier molecular flexibility index (Phi) is 2.79. The van der Waals surface area contributed by atoms with E-state index in [1.807, 2.05) is 6.07 Å². The fraction of sp³-hybridized carbons (Fsp3) is 0.250. The lowest BCUT2D eigenvalue weighted by Gasteiger charge is -2.33. The first-order chi connectivity index (χ1) is 9.06. The first-order valence-corrected chi connectivity index (χ1v) is 6.34. The molecule has 0 bridgehead atoms. The van der Waals surface area contributed by atoms with Crippen molar-refractivity contribution in [1.82, 2.24) is 0 Å². The van der Waals surface area contributed by atoms with Crippen molar-refractivity contribution in [3.8, 4) is 11.1 Å². The first-order valence-electron chi connectivity index (χ1n) is 6.34. The van der Waals surface area contributed by atoms with E-state index in [2.05, 4.69) is 31.3 Å². The number of ether oxygens (including phenoxy) is 1. The second-order valence-corrected chi connectivity index (χ2v) is 5.24. The molecule has 1 aliphatic heterocycles. The Labute approximate surface area is 112 Å². The summed E-state index contributed by atoms with van der Waals surface area (Å²) < 4.78 is 18.7. The Morgan fingerprint density at radius 1 is 1.05 bits per heavy atom. The van der Waals surface area contributed by atoms with Crippen LogP contribution in [0.1, 0.15) is 19.4 Å². The summed E-state index contributed by atoms with van der Waals surface area (Å²) in [6.45, 7) is 4.64. The van der Waals surface area contributed by atoms with E-state index in [4.69, 9.17) is 4.74 Å². The zero-order chi connectivity index (χ0) is 13.5. The van der Waals surface area contributed by atoms with E-state index < -0.39 is 0 Å². The molecule has 3 heteroatoms. The van der Waals surface area contributed by atoms with Gasteiger partial charge in [-0.1, -0.05) is 18.2 Å². The molecule has 19 heavy (non-hydrogen) atoms. The van der Waals surface area contributed by atoms with Crippen LogP contribution in [-0.2, 0) is 10.3 Å². The molecule has 0 radical (unpaired) electrons. The van der Waals surface area contributed by atoms with Crippen molar-refractivity contribution in [3.63, 3.8) is 0 Å². The molecule has 0 saturated carbocycles. The van der Waals surface area contributed by atoms with Crippen LogP contribution in [0.2, 0.25) is 0 Å². The molecule has 2 nitrogen and oxygen atoms in total. The van der Waals surface area contributed by atoms with Crippen molar-refractivity contribution in [1.29, 1.82) is 0 Å². The average molecular weight is 257 g/mol. The van der Waals surface area contributed by atoms with Gasteiger partial charge >= 0.3 is 0 Å². The van der Waals surface area contributed by atoms with Crippen LogP contribution >= 0.6 is 0 Å². The van der Waals surface area contributed by atoms with Crippen LogP contribution in [-0.4, -0.2) is 6.73 Å². The van der Waals surface area contributed by atoms with E-state index in [9.17, 15) is 4.39 Å². The van der Waals surface area contributed by atoms with Crippen molar-refractivity contribution >= 4 is 5.69 Å². The Hall–Kier alpha value is -1.87. The number of hydrogen-bond acceptors (Lipinski definition) is 2. The number of nitrogens with one attached hydrogen (secondary N) is 1. The van der Waals surface area contributed by atoms with Gasteiger partial charge in [0.15, 0.2) is 0 Å². The molecule has 98 valence electrons. The summed E-state index contributed by atoms with van der Waals surface area (Å²) in [5.41, 5.74) is 3.99. The number of anilines is 1. The standard InChI is InChI=1S/C16H16FNO/c1-16(2)14-9-12(5-8-15(14)18-10-19-16)11-3-6-13(17)7-4-11/h3-9,18H,10H2,1-2H3. The number of hydrogen-bond donors (Lipinski definition) is 1. The van der Waals surface area contributed by atoms with Gasteiger partial charge in [-0.15, -0.1) is 0 Å². The van der Waals surface area contributed by atoms with E-state index in [1.54, 1.807) is 12.1 Å². The SMILES string of the molecule is CC1(C)OCNc2ccc(-c3ccc(F)cc3)cc21. The number of benzene rings is 2. The number of halogens is 1. The van der Waals surface area contributed by atoms with Crippen LogP contribution in [0, 0.1) is 5.82 Å². The van der Waals surface area contributed by atoms with Gasteiger partial charge in [-0.25, -0.2) is 4.39 Å². The molecule has 2 aromatic carbocycles. The Balaban J connectivity index is 2.08. The third-order valence-corrected chi connectivity index (χ3v) is 3.54. The minimum absolute atomic E-state index is 0.216. The highest BCUT2D eigenvalue weighted by molar-refractivity contribution is 5.69. The van der Waals surface area contributed by atoms with E-state index in [0.717, 1.165) is 22.4 Å². The third kappa shape index (κ3) is 2.22. The summed E-state index contributed by atoms with van der Waals surface area (Å²) in [7, 11) is 0. The zero-order valence-corrected chi connectivity index (χ0v) is 11.0. The molecule has 0 aliphatic carbocycles. The van der Waals surface area contributed by atoms with Crippen LogP contribution in [0.5, 0.6) is 0 Å². The molecule has 0 atom stereocenters. The molecule has 3 rings (SSSR count). The molecule has 2 aromatic rings. The molecule has 0 saturated heterocycles. The molecule has 0 aromatic heterocycles. The highest BCUT2D eigenvalue weighted by Crippen LogP contribution is 2.37. The first kappa shape index (κ1) is 12.2. The highest BCUT2D eigenvalue weighted by Gasteiger charge is 2.28. The van der Waals surface area contributed by atoms with Gasteiger partial charge in [-0.3, -0.25) is 0 Å². The van der Waals surface area contributed by atoms with Gasteiger partial charge in [0.25, 0.3) is 0 Å². The van der Waals surface area contributed by atoms with Crippen molar-refractivity contribution in [2.75, 3.05) is 12.0 Å². The summed E-state index contributed by atoms with van der Waals surface area (Å²) in [6.07, 6.45) is 0. The maximum absolute atomic E-state index is 13.0. The van der Waals surface area contributed by atoms with E-state index in [0.29, 0.717) is 6.73 Å². The minimum atomic E-state index is -0.309. The van der Waals surface area contributed by atoms with Gasteiger partial charge in [0.05, 0.1) is 5.60 Å². The van der Waals surface area contributed by atoms with Crippen LogP contribution in [0.25, 0.3) is 11.1 Å². The topological polar surface area (TPSA) is 21.3 Å². The minimum Gasteiger partial charge on any atom is -0.362 e. The molecule has 1 aliphatic rings. The second-order valence-electron chi connectivity index (χ2n) is 5.24. The van der Waals surface area contributed by atoms with Crippen molar-refractivity contribution in [2.45, 2.75) is 19.4 Å². The smallest absolute Gasteiger partial charge is 0.123 e. The fourth-order valence-corrected chi connectivity index (χ4v) is 2.39. The zero-order valence-electron chi connectivity index (χ0n) is 11.0. The average Bonchev–Trinajstić information content (AvgIpc) is 2.39. The number of rotatable bonds is 1. The number of fused-ring (bicyclic) bond motifs is 1. The molecular formula is C16H16FNO. The lowest BCUT2D eigenvalue weighted by molar-refractivity contribution is -0.0178. The monoisotopic (exact) mass is 257 g/mol. The summed E-state index contributed by atoms with van der Waals surface area (Å²) >= 11 is 0. The van der Waals surface area contributed by atoms with Crippen LogP contribution in [0.15, 0.2) is 42.5 Å². The normalized spacial score (nSPS) is 16.6. The van der Waals surface area contributed by atoms with Crippen LogP contribution in [0.3, 0.4) is 0 Å². The molecule has 1 heterocycles. The maximum atomic E-state index is 13.0. The molecule has 0 fully saturated rings. The summed E-state index contributed by atoms with van der Waals surface area (Å²) in [6, 6.07) is 12.7. The molecule has 0 unspecified atom stereocenters. The van der Waals surface area contributed by atoms with Crippen LogP contribution in [0.4, 0.5) is 10.1 Å². The Bertz CT molecular complexity index is 605. The maximum Gasteiger partial charge on any atom is 0.123 e. The quantitative estimate of drug-likeness (QED) is 0.829. The van der Waals surface area contributed by atoms with Gasteiger partial charge < -0.3 is 10.1 Å². The second kappa shape index (κ2) is 4.35. The van der Waals surface area contributed by atoms with Gasteiger partial charge in [0.2, 0.25) is 0 Å². The molecular weight excluding hydrogens is 241 g/mol. The van der Waals surface area contributed by atoms with Gasteiger partial charge in [0, 0.05) is 11.3 Å². The Morgan fingerprint density at radius 2 is 1.74 bits per heavy atom. The molecule has 1 N–H and O–H groups in total. The van der Waals surface area contributed by atoms with Crippen molar-refractivity contribution < 1.29 is 9.13 Å². The fourth-order valence-electron chi connectivity index (χ4n) is 2.39. The summed E-state index contributed by atoms with van der Waals surface area (Å²) in [5, 5.41) is 3.22. The highest BCUT2D eigenvalue weighted by atomic mass is 19.1. The van der Waals surface area contributed by atoms with E-state index >= 15 is 0 Å². The predicted octanol–water partition coefficient (Wildman–Crippen LogP) is 4.13. The van der Waals surface area contributed by atoms with Gasteiger partial charge in [-0.2, -0.15) is 0 Å². The summed E-state index contributed by atoms with van der Waals surface area (Å²) in [4.78, 5) is 0. The van der Waals surface area contributed by atoms with Gasteiger partial charge in [-0.05, 0) is 49.2 Å². The van der Waals surface area contributed by atoms with Crippen molar-refractivity contribution in [2.24, 2.45) is 0 Å². The van der Waals surface area contributed by atoms with Crippen molar-refractivity contribution in [3.05, 3.63) is 53.8 Å². The Morgan fingerprint density at radius 3 is 2.47 bits per heavy atom. The van der Waals surface area contributed by atoms with Crippen LogP contribution < -0.4 is 5.32 Å². The largest absolute Gasteiger partial charge is 0.362 e. The summed E-state index contributed by atoms with van der Waals surface area (Å²) in [5.74, 6) is -0.216. The van der Waals surface area contributed by atoms with Gasteiger partial charge in [0.1, 0.15) is 12.5 Å². The lowest BCUT2D eigenvalue weighted by atomic mass is 9.91. The molecule has 0 spiro atoms. The van der Waals surface area contributed by atoms with E-state index in [1.165, 1.54) is 12.1 Å². The van der Waals surface area contributed by atoms with E-state index in [-0.39, 0.29) is 11.4 Å². The third-order valence-electron chi connectivity index (χ3n) is 3.54. The molecule has 0 amide bonds. The predicted molar refractivity (Wildman–Crippen MR) is 74.4 cm³/mol. The lowest BCUT2D eigenvalue weighted by Crippen LogP contribution is -2.31.